The molecule has 1 aliphatic carbocycles. The molecule has 1 aromatic carbocycles. The van der Waals surface area contributed by atoms with Gasteiger partial charge in [0.15, 0.2) is 11.7 Å². The van der Waals surface area contributed by atoms with E-state index in [2.05, 4.69) is 15.0 Å². The minimum absolute atomic E-state index is 0.0189. The molecule has 1 aromatic heterocycles. The van der Waals surface area contributed by atoms with Crippen LogP contribution >= 0.6 is 0 Å². The summed E-state index contributed by atoms with van der Waals surface area (Å²) in [5, 5.41) is 3.48. The summed E-state index contributed by atoms with van der Waals surface area (Å²) < 4.78 is 34.2. The number of piperidine rings is 1. The first kappa shape index (κ1) is 15.8. The fraction of sp³-hybridized carbons (Fsp3) is 0.471. The second kappa shape index (κ2) is 5.68. The van der Waals surface area contributed by atoms with Crippen LogP contribution in [-0.2, 0) is 10.0 Å². The van der Waals surface area contributed by atoms with Crippen LogP contribution in [0.2, 0.25) is 0 Å². The zero-order valence-corrected chi connectivity index (χ0v) is 14.4. The molecule has 1 saturated heterocycles. The standard InChI is InChI=1S/C17H21N3O3S/c1-12-19-16(15(23-12)13-5-3-2-4-6-13)24(21,22)20-14-7-10-18-17(11-14)8-9-17/h2-6,14,18,20H,7-11H2,1H3. The van der Waals surface area contributed by atoms with Crippen molar-refractivity contribution in [1.82, 2.24) is 15.0 Å². The van der Waals surface area contributed by atoms with Crippen molar-refractivity contribution < 1.29 is 12.8 Å². The van der Waals surface area contributed by atoms with Crippen molar-refractivity contribution in [2.75, 3.05) is 6.54 Å². The Morgan fingerprint density at radius 3 is 2.75 bits per heavy atom. The van der Waals surface area contributed by atoms with Gasteiger partial charge >= 0.3 is 0 Å². The lowest BCUT2D eigenvalue weighted by atomic mass is 9.98. The number of nitrogens with zero attached hydrogens (tertiary/aromatic N) is 1. The summed E-state index contributed by atoms with van der Waals surface area (Å²) in [5.74, 6) is 0.647. The predicted molar refractivity (Wildman–Crippen MR) is 90.0 cm³/mol. The van der Waals surface area contributed by atoms with Crippen LogP contribution in [0.3, 0.4) is 0 Å². The van der Waals surface area contributed by atoms with Crippen molar-refractivity contribution in [3.8, 4) is 11.3 Å². The van der Waals surface area contributed by atoms with E-state index in [1.54, 1.807) is 6.92 Å². The zero-order chi connectivity index (χ0) is 16.8. The molecule has 7 heteroatoms. The molecule has 1 aliphatic heterocycles. The Hall–Kier alpha value is -1.70. The molecule has 2 aliphatic rings. The van der Waals surface area contributed by atoms with Gasteiger partial charge in [-0.1, -0.05) is 30.3 Å². The zero-order valence-electron chi connectivity index (χ0n) is 13.6. The molecule has 4 rings (SSSR count). The lowest BCUT2D eigenvalue weighted by Gasteiger charge is -2.30. The van der Waals surface area contributed by atoms with Gasteiger partial charge in [0.05, 0.1) is 0 Å². The van der Waals surface area contributed by atoms with Crippen molar-refractivity contribution in [2.24, 2.45) is 0 Å². The van der Waals surface area contributed by atoms with Crippen LogP contribution in [0.15, 0.2) is 39.8 Å². The highest BCUT2D eigenvalue weighted by Gasteiger charge is 2.46. The molecular weight excluding hydrogens is 326 g/mol. The summed E-state index contributed by atoms with van der Waals surface area (Å²) in [7, 11) is -3.72. The van der Waals surface area contributed by atoms with Crippen molar-refractivity contribution in [2.45, 2.75) is 49.2 Å². The van der Waals surface area contributed by atoms with Gasteiger partial charge in [0, 0.05) is 24.1 Å². The van der Waals surface area contributed by atoms with E-state index in [0.717, 1.165) is 32.2 Å². The quantitative estimate of drug-likeness (QED) is 0.886. The van der Waals surface area contributed by atoms with Gasteiger partial charge in [-0.15, -0.1) is 0 Å². The molecule has 2 aromatic rings. The first-order valence-corrected chi connectivity index (χ1v) is 9.76. The van der Waals surface area contributed by atoms with Gasteiger partial charge in [0.2, 0.25) is 5.03 Å². The maximum absolute atomic E-state index is 12.9. The highest BCUT2D eigenvalue weighted by Crippen LogP contribution is 2.42. The summed E-state index contributed by atoms with van der Waals surface area (Å²) in [6.45, 7) is 2.51. The number of hydrogen-bond donors (Lipinski definition) is 2. The normalized spacial score (nSPS) is 22.6. The molecule has 2 fully saturated rings. The molecule has 1 saturated carbocycles. The molecule has 2 N–H and O–H groups in total. The summed E-state index contributed by atoms with van der Waals surface area (Å²) in [6.07, 6.45) is 3.88. The van der Waals surface area contributed by atoms with Gasteiger partial charge in [-0.3, -0.25) is 0 Å². The topological polar surface area (TPSA) is 84.2 Å². The number of hydrogen-bond acceptors (Lipinski definition) is 5. The maximum atomic E-state index is 12.9. The van der Waals surface area contributed by atoms with Gasteiger partial charge in [-0.05, 0) is 32.2 Å². The van der Waals surface area contributed by atoms with Gasteiger partial charge in [0.1, 0.15) is 0 Å². The largest absolute Gasteiger partial charge is 0.440 e. The van der Waals surface area contributed by atoms with Crippen LogP contribution in [-0.4, -0.2) is 31.5 Å². The molecule has 6 nitrogen and oxygen atoms in total. The van der Waals surface area contributed by atoms with E-state index in [9.17, 15) is 8.42 Å². The highest BCUT2D eigenvalue weighted by molar-refractivity contribution is 7.89. The fourth-order valence-corrected chi connectivity index (χ4v) is 4.83. The summed E-state index contributed by atoms with van der Waals surface area (Å²) >= 11 is 0. The summed E-state index contributed by atoms with van der Waals surface area (Å²) in [5.41, 5.74) is 0.871. The number of nitrogens with one attached hydrogen (secondary N) is 2. The molecule has 0 amide bonds. The molecule has 2 heterocycles. The van der Waals surface area contributed by atoms with E-state index in [0.29, 0.717) is 17.2 Å². The van der Waals surface area contributed by atoms with Gasteiger partial charge in [-0.2, -0.15) is 0 Å². The average Bonchev–Trinajstić information content (AvgIpc) is 3.16. The Morgan fingerprint density at radius 1 is 1.29 bits per heavy atom. The minimum atomic E-state index is -3.72. The van der Waals surface area contributed by atoms with Crippen LogP contribution in [0, 0.1) is 6.92 Å². The Labute approximate surface area is 141 Å². The molecule has 24 heavy (non-hydrogen) atoms. The van der Waals surface area contributed by atoms with E-state index >= 15 is 0 Å². The Morgan fingerprint density at radius 2 is 2.04 bits per heavy atom. The van der Waals surface area contributed by atoms with Crippen LogP contribution in [0.1, 0.15) is 31.6 Å². The number of sulfonamides is 1. The van der Waals surface area contributed by atoms with E-state index < -0.39 is 10.0 Å². The third kappa shape index (κ3) is 2.99. The molecule has 0 radical (unpaired) electrons. The molecule has 1 unspecified atom stereocenters. The first-order chi connectivity index (χ1) is 11.5. The Kier molecular flexibility index (Phi) is 3.74. The van der Waals surface area contributed by atoms with Crippen molar-refractivity contribution in [3.63, 3.8) is 0 Å². The average molecular weight is 347 g/mol. The fourth-order valence-electron chi connectivity index (χ4n) is 3.43. The predicted octanol–water partition coefficient (Wildman–Crippen LogP) is 2.21. The number of aromatic nitrogens is 1. The SMILES string of the molecule is Cc1nc(S(=O)(=O)NC2CCNC3(CC3)C2)c(-c2ccccc2)o1. The number of rotatable bonds is 4. The third-order valence-electron chi connectivity index (χ3n) is 4.80. The van der Waals surface area contributed by atoms with Gasteiger partial charge in [-0.25, -0.2) is 18.1 Å². The lowest BCUT2D eigenvalue weighted by molar-refractivity contribution is 0.330. The van der Waals surface area contributed by atoms with E-state index in [1.807, 2.05) is 30.3 Å². The van der Waals surface area contributed by atoms with Gasteiger partial charge < -0.3 is 9.73 Å². The first-order valence-electron chi connectivity index (χ1n) is 8.28. The number of aryl methyl sites for hydroxylation is 1. The Balaban J connectivity index is 1.63. The van der Waals surface area contributed by atoms with Crippen LogP contribution in [0.4, 0.5) is 0 Å². The molecular formula is C17H21N3O3S. The second-order valence-electron chi connectivity index (χ2n) is 6.75. The van der Waals surface area contributed by atoms with E-state index in [-0.39, 0.29) is 16.6 Å². The second-order valence-corrected chi connectivity index (χ2v) is 8.38. The van der Waals surface area contributed by atoms with Crippen molar-refractivity contribution >= 4 is 10.0 Å². The van der Waals surface area contributed by atoms with Crippen molar-refractivity contribution in [1.29, 1.82) is 0 Å². The van der Waals surface area contributed by atoms with Crippen molar-refractivity contribution in [3.05, 3.63) is 36.2 Å². The van der Waals surface area contributed by atoms with Crippen LogP contribution in [0.25, 0.3) is 11.3 Å². The lowest BCUT2D eigenvalue weighted by Crippen LogP contribution is -2.49. The summed E-state index contributed by atoms with van der Waals surface area (Å²) in [4.78, 5) is 4.14. The molecule has 0 bridgehead atoms. The highest BCUT2D eigenvalue weighted by atomic mass is 32.2. The van der Waals surface area contributed by atoms with Crippen LogP contribution < -0.4 is 10.0 Å². The monoisotopic (exact) mass is 347 g/mol. The van der Waals surface area contributed by atoms with Crippen LogP contribution in [0.5, 0.6) is 0 Å². The van der Waals surface area contributed by atoms with E-state index in [1.165, 1.54) is 0 Å². The smallest absolute Gasteiger partial charge is 0.262 e. The maximum Gasteiger partial charge on any atom is 0.262 e. The molecule has 128 valence electrons. The molecule has 1 spiro atoms. The minimum Gasteiger partial charge on any atom is -0.440 e. The number of oxazole rings is 1. The van der Waals surface area contributed by atoms with Gasteiger partial charge in [0.25, 0.3) is 10.0 Å². The molecule has 1 atom stereocenters. The summed E-state index contributed by atoms with van der Waals surface area (Å²) in [6, 6.07) is 9.16. The van der Waals surface area contributed by atoms with E-state index in [4.69, 9.17) is 4.42 Å². The Bertz CT molecular complexity index is 841. The third-order valence-corrected chi connectivity index (χ3v) is 6.23. The number of benzene rings is 1.